The molecule has 1 aromatic carbocycles. The van der Waals surface area contributed by atoms with Gasteiger partial charge < -0.3 is 19.9 Å². The fourth-order valence-electron chi connectivity index (χ4n) is 2.77. The number of carbonyl (C=O) groups excluding carboxylic acids is 1. The van der Waals surface area contributed by atoms with Gasteiger partial charge in [-0.25, -0.2) is 9.78 Å². The van der Waals surface area contributed by atoms with Crippen LogP contribution in [-0.4, -0.2) is 50.1 Å². The number of amides is 2. The van der Waals surface area contributed by atoms with Gasteiger partial charge in [-0.3, -0.25) is 9.78 Å². The minimum Gasteiger partial charge on any atom is -0.481 e. The second-order valence-electron chi connectivity index (χ2n) is 6.76. The molecule has 154 valence electrons. The number of fused-ring (bicyclic) bond motifs is 1. The second-order valence-corrected chi connectivity index (χ2v) is 6.76. The number of pyridine rings is 1. The van der Waals surface area contributed by atoms with Crippen LogP contribution in [0.5, 0.6) is 0 Å². The van der Waals surface area contributed by atoms with Crippen LogP contribution in [0.3, 0.4) is 0 Å². The Labute approximate surface area is 170 Å². The molecule has 0 fully saturated rings. The molecule has 2 N–H and O–H groups in total. The number of imidazole rings is 1. The third-order valence-corrected chi connectivity index (χ3v) is 4.26. The molecule has 2 heterocycles. The van der Waals surface area contributed by atoms with E-state index in [1.165, 1.54) is 0 Å². The SMILES string of the molecule is CC(=O)O.Cc1ccc2cccc(NC(=O)N(C)CCCc3nccn3C)c2n1. The van der Waals surface area contributed by atoms with Crippen LogP contribution in [0.25, 0.3) is 10.9 Å². The first-order chi connectivity index (χ1) is 13.8. The van der Waals surface area contributed by atoms with Gasteiger partial charge in [-0.1, -0.05) is 18.2 Å². The Bertz CT molecular complexity index is 979. The molecule has 0 bridgehead atoms. The normalized spacial score (nSPS) is 10.2. The van der Waals surface area contributed by atoms with Crippen LogP contribution < -0.4 is 5.32 Å². The topological polar surface area (TPSA) is 100 Å². The van der Waals surface area contributed by atoms with E-state index in [1.807, 2.05) is 55.1 Å². The molecule has 8 nitrogen and oxygen atoms in total. The number of hydrogen-bond acceptors (Lipinski definition) is 4. The molecule has 0 saturated carbocycles. The lowest BCUT2D eigenvalue weighted by atomic mass is 10.2. The summed E-state index contributed by atoms with van der Waals surface area (Å²) in [7, 11) is 3.78. The summed E-state index contributed by atoms with van der Waals surface area (Å²) in [4.78, 5) is 32.0. The third kappa shape index (κ3) is 6.60. The van der Waals surface area contributed by atoms with Crippen molar-refractivity contribution in [1.82, 2.24) is 19.4 Å². The number of benzene rings is 1. The molecule has 0 unspecified atom stereocenters. The summed E-state index contributed by atoms with van der Waals surface area (Å²) in [6, 6.07) is 9.66. The Balaban J connectivity index is 0.000000687. The Morgan fingerprint density at radius 1 is 1.24 bits per heavy atom. The zero-order valence-corrected chi connectivity index (χ0v) is 17.2. The Hall–Kier alpha value is -3.42. The molecule has 2 amide bonds. The highest BCUT2D eigenvalue weighted by atomic mass is 16.4. The summed E-state index contributed by atoms with van der Waals surface area (Å²) in [6.45, 7) is 3.69. The average Bonchev–Trinajstić information content (AvgIpc) is 3.06. The minimum atomic E-state index is -0.833. The van der Waals surface area contributed by atoms with Crippen LogP contribution >= 0.6 is 0 Å². The van der Waals surface area contributed by atoms with Crippen LogP contribution in [0.1, 0.15) is 24.9 Å². The second kappa shape index (κ2) is 10.2. The Morgan fingerprint density at radius 2 is 1.97 bits per heavy atom. The van der Waals surface area contributed by atoms with Gasteiger partial charge in [0.05, 0.1) is 11.2 Å². The van der Waals surface area contributed by atoms with E-state index in [-0.39, 0.29) is 6.03 Å². The van der Waals surface area contributed by atoms with Crippen LogP contribution in [0, 0.1) is 6.92 Å². The molecule has 2 aromatic heterocycles. The number of aromatic nitrogens is 3. The minimum absolute atomic E-state index is 0.129. The summed E-state index contributed by atoms with van der Waals surface area (Å²) in [5, 5.41) is 11.4. The van der Waals surface area contributed by atoms with E-state index >= 15 is 0 Å². The van der Waals surface area contributed by atoms with Crippen molar-refractivity contribution in [2.75, 3.05) is 18.9 Å². The van der Waals surface area contributed by atoms with Gasteiger partial charge in [0.2, 0.25) is 0 Å². The van der Waals surface area contributed by atoms with Crippen molar-refractivity contribution in [3.63, 3.8) is 0 Å². The quantitative estimate of drug-likeness (QED) is 0.687. The van der Waals surface area contributed by atoms with E-state index in [0.29, 0.717) is 6.54 Å². The summed E-state index contributed by atoms with van der Waals surface area (Å²) < 4.78 is 2.00. The number of carboxylic acid groups (broad SMARTS) is 1. The van der Waals surface area contributed by atoms with Gasteiger partial charge in [0.15, 0.2) is 0 Å². The first-order valence-electron chi connectivity index (χ1n) is 9.32. The van der Waals surface area contributed by atoms with Crippen LogP contribution in [0.15, 0.2) is 42.7 Å². The number of para-hydroxylation sites is 1. The number of nitrogens with one attached hydrogen (secondary N) is 1. The Morgan fingerprint density at radius 3 is 2.62 bits per heavy atom. The van der Waals surface area contributed by atoms with E-state index in [0.717, 1.165) is 47.9 Å². The first-order valence-corrected chi connectivity index (χ1v) is 9.32. The van der Waals surface area contributed by atoms with E-state index in [4.69, 9.17) is 9.90 Å². The van der Waals surface area contributed by atoms with Crippen molar-refractivity contribution in [3.8, 4) is 0 Å². The van der Waals surface area contributed by atoms with Crippen LogP contribution in [-0.2, 0) is 18.3 Å². The van der Waals surface area contributed by atoms with Crippen molar-refractivity contribution in [1.29, 1.82) is 0 Å². The molecule has 8 heteroatoms. The van der Waals surface area contributed by atoms with Gasteiger partial charge in [0.25, 0.3) is 5.97 Å². The Kier molecular flexibility index (Phi) is 7.70. The molecule has 0 radical (unpaired) electrons. The third-order valence-electron chi connectivity index (χ3n) is 4.26. The van der Waals surface area contributed by atoms with Gasteiger partial charge in [-0.2, -0.15) is 0 Å². The summed E-state index contributed by atoms with van der Waals surface area (Å²) >= 11 is 0. The van der Waals surface area contributed by atoms with Crippen molar-refractivity contribution in [3.05, 3.63) is 54.2 Å². The number of urea groups is 1. The van der Waals surface area contributed by atoms with Gasteiger partial charge >= 0.3 is 6.03 Å². The largest absolute Gasteiger partial charge is 0.481 e. The first kappa shape index (κ1) is 21.9. The van der Waals surface area contributed by atoms with E-state index < -0.39 is 5.97 Å². The molecule has 0 aliphatic rings. The zero-order valence-electron chi connectivity index (χ0n) is 17.2. The highest BCUT2D eigenvalue weighted by molar-refractivity contribution is 5.99. The highest BCUT2D eigenvalue weighted by Crippen LogP contribution is 2.22. The maximum atomic E-state index is 12.5. The number of nitrogens with zero attached hydrogens (tertiary/aromatic N) is 4. The number of anilines is 1. The lowest BCUT2D eigenvalue weighted by molar-refractivity contribution is -0.134. The fourth-order valence-corrected chi connectivity index (χ4v) is 2.77. The number of aliphatic carboxylic acids is 1. The molecule has 3 rings (SSSR count). The number of carboxylic acids is 1. The van der Waals surface area contributed by atoms with Crippen molar-refractivity contribution in [2.24, 2.45) is 7.05 Å². The standard InChI is InChI=1S/C19H23N5O.C2H4O2/c1-14-9-10-15-6-4-7-16(18(15)21-14)22-19(25)24(3)12-5-8-17-20-11-13-23(17)2;1-2(3)4/h4,6-7,9-11,13H,5,8,12H2,1-3H3,(H,22,25);1H3,(H,3,4). The van der Waals surface area contributed by atoms with Gasteiger partial charge in [-0.05, 0) is 25.5 Å². The van der Waals surface area contributed by atoms with E-state index in [9.17, 15) is 4.79 Å². The number of carbonyl (C=O) groups is 2. The fraction of sp³-hybridized carbons (Fsp3) is 0.333. The highest BCUT2D eigenvalue weighted by Gasteiger charge is 2.11. The average molecular weight is 397 g/mol. The van der Waals surface area contributed by atoms with Gasteiger partial charge in [0, 0.05) is 57.5 Å². The number of rotatable bonds is 5. The predicted molar refractivity (Wildman–Crippen MR) is 113 cm³/mol. The summed E-state index contributed by atoms with van der Waals surface area (Å²) in [5.74, 6) is 0.197. The maximum absolute atomic E-state index is 12.5. The molecule has 29 heavy (non-hydrogen) atoms. The molecule has 0 aliphatic heterocycles. The molecule has 0 atom stereocenters. The van der Waals surface area contributed by atoms with Crippen LogP contribution in [0.4, 0.5) is 10.5 Å². The maximum Gasteiger partial charge on any atom is 0.321 e. The lowest BCUT2D eigenvalue weighted by Crippen LogP contribution is -2.32. The van der Waals surface area contributed by atoms with Crippen LogP contribution in [0.2, 0.25) is 0 Å². The van der Waals surface area contributed by atoms with Gasteiger partial charge in [0.1, 0.15) is 5.82 Å². The van der Waals surface area contributed by atoms with Crippen molar-refractivity contribution in [2.45, 2.75) is 26.7 Å². The molecule has 0 saturated heterocycles. The van der Waals surface area contributed by atoms with Gasteiger partial charge in [-0.15, -0.1) is 0 Å². The summed E-state index contributed by atoms with van der Waals surface area (Å²) in [5.41, 5.74) is 2.48. The lowest BCUT2D eigenvalue weighted by Gasteiger charge is -2.18. The van der Waals surface area contributed by atoms with Crippen molar-refractivity contribution >= 4 is 28.6 Å². The molecular formula is C21H27N5O3. The zero-order chi connectivity index (χ0) is 21.4. The monoisotopic (exact) mass is 397 g/mol. The predicted octanol–water partition coefficient (Wildman–Crippen LogP) is 3.46. The van der Waals surface area contributed by atoms with Crippen molar-refractivity contribution < 1.29 is 14.7 Å². The van der Waals surface area contributed by atoms with E-state index in [1.54, 1.807) is 18.1 Å². The van der Waals surface area contributed by atoms with E-state index in [2.05, 4.69) is 15.3 Å². The molecule has 0 aliphatic carbocycles. The molecule has 3 aromatic rings. The summed E-state index contributed by atoms with van der Waals surface area (Å²) in [6.07, 6.45) is 5.43. The molecule has 0 spiro atoms. The molecular weight excluding hydrogens is 370 g/mol. The smallest absolute Gasteiger partial charge is 0.321 e. The number of aryl methyl sites for hydroxylation is 3. The number of hydrogen-bond donors (Lipinski definition) is 2.